The average Bonchev–Trinajstić information content (AvgIpc) is 3.18. The van der Waals surface area contributed by atoms with E-state index < -0.39 is 15.7 Å². The third kappa shape index (κ3) is 5.36. The normalized spacial score (nSPS) is 20.6. The Kier molecular flexibility index (Phi) is 8.84. The van der Waals surface area contributed by atoms with Gasteiger partial charge in [0.25, 0.3) is 0 Å². The third-order valence-electron chi connectivity index (χ3n) is 7.84. The summed E-state index contributed by atoms with van der Waals surface area (Å²) in [5, 5.41) is 3.85. The van der Waals surface area contributed by atoms with Gasteiger partial charge in [0.15, 0.2) is 11.5 Å². The highest BCUT2D eigenvalue weighted by Gasteiger charge is 2.53. The molecular formula is C27H35Cl2N3O5S. The number of carbonyl (C=O) groups is 1. The van der Waals surface area contributed by atoms with Crippen LogP contribution in [0.3, 0.4) is 0 Å². The van der Waals surface area contributed by atoms with Gasteiger partial charge in [-0.05, 0) is 55.0 Å². The minimum Gasteiger partial charge on any atom is -0.493 e. The molecule has 2 aliphatic heterocycles. The number of ether oxygens (including phenoxy) is 2. The van der Waals surface area contributed by atoms with Gasteiger partial charge in [-0.2, -0.15) is 4.31 Å². The summed E-state index contributed by atoms with van der Waals surface area (Å²) in [7, 11) is -0.645. The zero-order chi connectivity index (χ0) is 27.7. The summed E-state index contributed by atoms with van der Waals surface area (Å²) in [4.78, 5) is 15.6. The van der Waals surface area contributed by atoms with Crippen molar-refractivity contribution in [2.75, 3.05) is 33.9 Å². The molecular weight excluding hydrogens is 549 g/mol. The molecule has 208 valence electrons. The Morgan fingerprint density at radius 1 is 1.11 bits per heavy atom. The lowest BCUT2D eigenvalue weighted by molar-refractivity contribution is -0.133. The summed E-state index contributed by atoms with van der Waals surface area (Å²) in [6, 6.07) is 10.1. The number of piperidine rings is 1. The highest BCUT2D eigenvalue weighted by molar-refractivity contribution is 7.89. The number of rotatable bonds is 9. The minimum atomic E-state index is -3.84. The van der Waals surface area contributed by atoms with E-state index in [4.69, 9.17) is 32.7 Å². The van der Waals surface area contributed by atoms with Gasteiger partial charge in [-0.1, -0.05) is 55.6 Å². The highest BCUT2D eigenvalue weighted by atomic mass is 35.5. The number of carbonyl (C=O) groups excluding carboxylic acids is 1. The second kappa shape index (κ2) is 11.6. The molecule has 2 aliphatic rings. The van der Waals surface area contributed by atoms with Crippen molar-refractivity contribution in [2.45, 2.75) is 56.1 Å². The first-order valence-electron chi connectivity index (χ1n) is 12.8. The van der Waals surface area contributed by atoms with Gasteiger partial charge < -0.3 is 14.4 Å². The van der Waals surface area contributed by atoms with E-state index in [1.54, 1.807) is 26.4 Å². The Balaban J connectivity index is 1.56. The molecule has 2 saturated heterocycles. The largest absolute Gasteiger partial charge is 0.493 e. The molecule has 1 N–H and O–H groups in total. The molecule has 8 nitrogen and oxygen atoms in total. The van der Waals surface area contributed by atoms with Gasteiger partial charge in [-0.3, -0.25) is 10.1 Å². The monoisotopic (exact) mass is 583 g/mol. The molecule has 0 radical (unpaired) electrons. The van der Waals surface area contributed by atoms with Crippen molar-refractivity contribution >= 4 is 39.1 Å². The molecule has 11 heteroatoms. The summed E-state index contributed by atoms with van der Waals surface area (Å²) in [6.45, 7) is 5.16. The number of nitrogens with one attached hydrogen (secondary N) is 1. The van der Waals surface area contributed by atoms with Crippen LogP contribution in [-0.2, 0) is 21.2 Å². The number of nitrogens with zero attached hydrogens (tertiary/aromatic N) is 2. The minimum absolute atomic E-state index is 0.000801. The number of benzene rings is 2. The van der Waals surface area contributed by atoms with E-state index in [0.29, 0.717) is 37.3 Å². The van der Waals surface area contributed by atoms with Crippen LogP contribution >= 0.6 is 23.2 Å². The van der Waals surface area contributed by atoms with Crippen LogP contribution in [-0.4, -0.2) is 69.1 Å². The summed E-state index contributed by atoms with van der Waals surface area (Å²) < 4.78 is 39.0. The SMILES string of the molecule is CC[C@@H](C)[C@@H]1NC2(CCN(S(=O)(=O)c3cccc(Cl)c3Cl)CC2)N(CCc2ccc(OC)c(OC)c2)C1=O. The third-order valence-corrected chi connectivity index (χ3v) is 10.7. The number of methoxy groups -OCH3 is 2. The number of sulfonamides is 1. The highest BCUT2D eigenvalue weighted by Crippen LogP contribution is 2.38. The first kappa shape index (κ1) is 29.0. The average molecular weight is 585 g/mol. The topological polar surface area (TPSA) is 88.2 Å². The number of hydrogen-bond donors (Lipinski definition) is 1. The maximum absolute atomic E-state index is 13.7. The van der Waals surface area contributed by atoms with Gasteiger partial charge in [0.2, 0.25) is 15.9 Å². The van der Waals surface area contributed by atoms with Crippen LogP contribution in [0, 0.1) is 5.92 Å². The first-order chi connectivity index (χ1) is 18.1. The second-order valence-electron chi connectivity index (χ2n) is 9.92. The maximum Gasteiger partial charge on any atom is 0.244 e. The van der Waals surface area contributed by atoms with Crippen molar-refractivity contribution in [1.82, 2.24) is 14.5 Å². The summed E-state index contributed by atoms with van der Waals surface area (Å²) in [5.41, 5.74) is 0.402. The van der Waals surface area contributed by atoms with E-state index in [1.807, 2.05) is 23.1 Å². The molecule has 38 heavy (non-hydrogen) atoms. The second-order valence-corrected chi connectivity index (χ2v) is 12.6. The molecule has 0 aromatic heterocycles. The van der Waals surface area contributed by atoms with Crippen LogP contribution in [0.2, 0.25) is 10.0 Å². The fourth-order valence-electron chi connectivity index (χ4n) is 5.36. The standard InChI is InChI=1S/C27H35Cl2N3O5S/c1-5-18(2)25-26(33)32(14-11-19-9-10-21(36-3)22(17-19)37-4)27(30-25)12-15-31(16-13-27)38(34,35)23-8-6-7-20(28)24(23)29/h6-10,17-18,25,30H,5,11-16H2,1-4H3/t18-,25+/m1/s1. The van der Waals surface area contributed by atoms with Gasteiger partial charge in [0, 0.05) is 19.6 Å². The molecule has 2 fully saturated rings. The predicted molar refractivity (Wildman–Crippen MR) is 149 cm³/mol. The smallest absolute Gasteiger partial charge is 0.244 e. The van der Waals surface area contributed by atoms with Crippen LogP contribution in [0.5, 0.6) is 11.5 Å². The van der Waals surface area contributed by atoms with Gasteiger partial charge in [-0.25, -0.2) is 8.42 Å². The predicted octanol–water partition coefficient (Wildman–Crippen LogP) is 4.58. The molecule has 2 heterocycles. The molecule has 1 spiro atoms. The Labute approximate surface area is 235 Å². The van der Waals surface area contributed by atoms with Crippen molar-refractivity contribution in [3.63, 3.8) is 0 Å². The van der Waals surface area contributed by atoms with Crippen LogP contribution < -0.4 is 14.8 Å². The zero-order valence-corrected chi connectivity index (χ0v) is 24.5. The van der Waals surface area contributed by atoms with Crippen LogP contribution in [0.4, 0.5) is 0 Å². The molecule has 2 atom stereocenters. The molecule has 0 aliphatic carbocycles. The van der Waals surface area contributed by atoms with Crippen molar-refractivity contribution in [3.05, 3.63) is 52.0 Å². The summed E-state index contributed by atoms with van der Waals surface area (Å²) in [5.74, 6) is 1.50. The Morgan fingerprint density at radius 2 is 1.79 bits per heavy atom. The molecule has 4 rings (SSSR count). The van der Waals surface area contributed by atoms with Crippen LogP contribution in [0.1, 0.15) is 38.7 Å². The van der Waals surface area contributed by atoms with Crippen molar-refractivity contribution in [1.29, 1.82) is 0 Å². The Morgan fingerprint density at radius 3 is 2.42 bits per heavy atom. The fourth-order valence-corrected chi connectivity index (χ4v) is 7.54. The van der Waals surface area contributed by atoms with E-state index in [0.717, 1.165) is 12.0 Å². The maximum atomic E-state index is 13.7. The zero-order valence-electron chi connectivity index (χ0n) is 22.2. The van der Waals surface area contributed by atoms with E-state index >= 15 is 0 Å². The van der Waals surface area contributed by atoms with E-state index in [-0.39, 0.29) is 45.9 Å². The lowest BCUT2D eigenvalue weighted by Crippen LogP contribution is -2.60. The van der Waals surface area contributed by atoms with Crippen molar-refractivity contribution < 1.29 is 22.7 Å². The van der Waals surface area contributed by atoms with Crippen molar-refractivity contribution in [3.8, 4) is 11.5 Å². The van der Waals surface area contributed by atoms with Crippen LogP contribution in [0.15, 0.2) is 41.3 Å². The molecule has 1 amide bonds. The molecule has 0 unspecified atom stereocenters. The van der Waals surface area contributed by atoms with E-state index in [2.05, 4.69) is 19.2 Å². The van der Waals surface area contributed by atoms with Gasteiger partial charge >= 0.3 is 0 Å². The number of hydrogen-bond acceptors (Lipinski definition) is 6. The Hall–Kier alpha value is -2.04. The fraction of sp³-hybridized carbons (Fsp3) is 0.519. The molecule has 2 aromatic carbocycles. The number of amides is 1. The van der Waals surface area contributed by atoms with E-state index in [9.17, 15) is 13.2 Å². The molecule has 0 bridgehead atoms. The van der Waals surface area contributed by atoms with Crippen LogP contribution in [0.25, 0.3) is 0 Å². The van der Waals surface area contributed by atoms with Gasteiger partial charge in [-0.15, -0.1) is 0 Å². The quantitative estimate of drug-likeness (QED) is 0.465. The molecule has 0 saturated carbocycles. The lowest BCUT2D eigenvalue weighted by Gasteiger charge is -2.44. The van der Waals surface area contributed by atoms with Gasteiger partial charge in [0.1, 0.15) is 4.90 Å². The van der Waals surface area contributed by atoms with E-state index in [1.165, 1.54) is 10.4 Å². The summed E-state index contributed by atoms with van der Waals surface area (Å²) in [6.07, 6.45) is 2.42. The van der Waals surface area contributed by atoms with Gasteiger partial charge in [0.05, 0.1) is 36.0 Å². The number of halogens is 2. The summed E-state index contributed by atoms with van der Waals surface area (Å²) >= 11 is 12.3. The molecule has 2 aromatic rings. The Bertz CT molecular complexity index is 1280. The van der Waals surface area contributed by atoms with Crippen molar-refractivity contribution in [2.24, 2.45) is 5.92 Å². The lowest BCUT2D eigenvalue weighted by atomic mass is 9.96. The first-order valence-corrected chi connectivity index (χ1v) is 15.0.